The van der Waals surface area contributed by atoms with E-state index in [4.69, 9.17) is 4.74 Å². The molecule has 2 rings (SSSR count). The molecule has 2 saturated carbocycles. The van der Waals surface area contributed by atoms with Crippen LogP contribution in [0.25, 0.3) is 0 Å². The Bertz CT molecular complexity index is 280. The molecule has 2 aliphatic carbocycles. The van der Waals surface area contributed by atoms with E-state index >= 15 is 0 Å². The van der Waals surface area contributed by atoms with E-state index in [-0.39, 0.29) is 0 Å². The lowest BCUT2D eigenvalue weighted by Crippen LogP contribution is -2.64. The Labute approximate surface area is 119 Å². The fourth-order valence-corrected chi connectivity index (χ4v) is 4.01. The number of rotatable bonds is 5. The van der Waals surface area contributed by atoms with Gasteiger partial charge in [0.2, 0.25) is 0 Å². The zero-order chi connectivity index (χ0) is 13.9. The minimum Gasteiger partial charge on any atom is -0.378 e. The molecule has 2 aliphatic rings. The Morgan fingerprint density at radius 2 is 1.89 bits per heavy atom. The zero-order valence-electron chi connectivity index (χ0n) is 13.4. The molecule has 0 heterocycles. The van der Waals surface area contributed by atoms with E-state index in [0.717, 1.165) is 18.6 Å². The summed E-state index contributed by atoms with van der Waals surface area (Å²) >= 11 is 0. The van der Waals surface area contributed by atoms with Crippen molar-refractivity contribution in [2.24, 2.45) is 11.3 Å². The first-order valence-corrected chi connectivity index (χ1v) is 8.49. The summed E-state index contributed by atoms with van der Waals surface area (Å²) in [6, 6.07) is 1.40. The van der Waals surface area contributed by atoms with Gasteiger partial charge in [-0.2, -0.15) is 0 Å². The Morgan fingerprint density at radius 3 is 2.58 bits per heavy atom. The average Bonchev–Trinajstić information content (AvgIpc) is 2.61. The van der Waals surface area contributed by atoms with Crippen LogP contribution in [0.1, 0.15) is 72.6 Å². The molecule has 2 fully saturated rings. The highest BCUT2D eigenvalue weighted by molar-refractivity contribution is 5.06. The van der Waals surface area contributed by atoms with Crippen LogP contribution in [0.3, 0.4) is 0 Å². The lowest BCUT2D eigenvalue weighted by molar-refractivity contribution is -0.129. The molecule has 112 valence electrons. The SMILES string of the molecule is CCOC1CC(NC2CCCCCC2C)C1(C)CC. The first-order valence-electron chi connectivity index (χ1n) is 8.49. The smallest absolute Gasteiger partial charge is 0.0658 e. The largest absolute Gasteiger partial charge is 0.378 e. The maximum atomic E-state index is 5.92. The van der Waals surface area contributed by atoms with Gasteiger partial charge >= 0.3 is 0 Å². The second kappa shape index (κ2) is 6.58. The summed E-state index contributed by atoms with van der Waals surface area (Å²) in [6.07, 6.45) is 9.95. The molecule has 0 amide bonds. The van der Waals surface area contributed by atoms with Crippen LogP contribution in [-0.4, -0.2) is 24.8 Å². The van der Waals surface area contributed by atoms with Crippen LogP contribution in [0, 0.1) is 11.3 Å². The van der Waals surface area contributed by atoms with Crippen molar-refractivity contribution >= 4 is 0 Å². The third-order valence-corrected chi connectivity index (χ3v) is 5.89. The second-order valence-corrected chi connectivity index (χ2v) is 6.98. The van der Waals surface area contributed by atoms with E-state index < -0.39 is 0 Å². The summed E-state index contributed by atoms with van der Waals surface area (Å²) in [4.78, 5) is 0. The van der Waals surface area contributed by atoms with E-state index in [1.165, 1.54) is 44.9 Å². The van der Waals surface area contributed by atoms with Crippen molar-refractivity contribution in [1.29, 1.82) is 0 Å². The quantitative estimate of drug-likeness (QED) is 0.756. The molecule has 2 nitrogen and oxygen atoms in total. The molecule has 0 aromatic rings. The number of hydrogen-bond acceptors (Lipinski definition) is 2. The lowest BCUT2D eigenvalue weighted by Gasteiger charge is -2.55. The normalized spacial score (nSPS) is 43.6. The molecule has 0 spiro atoms. The van der Waals surface area contributed by atoms with Crippen molar-refractivity contribution in [3.63, 3.8) is 0 Å². The predicted octanol–water partition coefficient (Wildman–Crippen LogP) is 4.14. The van der Waals surface area contributed by atoms with Gasteiger partial charge in [0.05, 0.1) is 6.10 Å². The van der Waals surface area contributed by atoms with Gasteiger partial charge < -0.3 is 10.1 Å². The fraction of sp³-hybridized carbons (Fsp3) is 1.00. The van der Waals surface area contributed by atoms with Gasteiger partial charge in [-0.25, -0.2) is 0 Å². The van der Waals surface area contributed by atoms with Crippen molar-refractivity contribution in [2.75, 3.05) is 6.61 Å². The molecule has 2 heteroatoms. The van der Waals surface area contributed by atoms with E-state index in [9.17, 15) is 0 Å². The molecular weight excluding hydrogens is 234 g/mol. The summed E-state index contributed by atoms with van der Waals surface area (Å²) in [5.74, 6) is 0.842. The summed E-state index contributed by atoms with van der Waals surface area (Å²) in [6.45, 7) is 10.1. The number of nitrogens with one attached hydrogen (secondary N) is 1. The van der Waals surface area contributed by atoms with Crippen molar-refractivity contribution in [1.82, 2.24) is 5.32 Å². The topological polar surface area (TPSA) is 21.3 Å². The van der Waals surface area contributed by atoms with E-state index in [1.54, 1.807) is 0 Å². The molecule has 5 atom stereocenters. The summed E-state index contributed by atoms with van der Waals surface area (Å²) < 4.78 is 5.92. The third kappa shape index (κ3) is 3.16. The van der Waals surface area contributed by atoms with Crippen molar-refractivity contribution in [3.05, 3.63) is 0 Å². The third-order valence-electron chi connectivity index (χ3n) is 5.89. The maximum absolute atomic E-state index is 5.92. The van der Waals surface area contributed by atoms with Crippen LogP contribution in [-0.2, 0) is 4.74 Å². The van der Waals surface area contributed by atoms with Gasteiger partial charge in [-0.15, -0.1) is 0 Å². The molecule has 0 aliphatic heterocycles. The minimum atomic E-state index is 0.349. The maximum Gasteiger partial charge on any atom is 0.0658 e. The monoisotopic (exact) mass is 267 g/mol. The fourth-order valence-electron chi connectivity index (χ4n) is 4.01. The van der Waals surface area contributed by atoms with E-state index in [2.05, 4.69) is 33.0 Å². The standard InChI is InChI=1S/C17H33NO/c1-5-17(4)15(12-16(17)19-6-2)18-14-11-9-7-8-10-13(14)3/h13-16,18H,5-12H2,1-4H3. The van der Waals surface area contributed by atoms with Crippen LogP contribution >= 0.6 is 0 Å². The number of ether oxygens (including phenoxy) is 1. The molecule has 1 N–H and O–H groups in total. The molecule has 0 aromatic heterocycles. The number of hydrogen-bond donors (Lipinski definition) is 1. The summed E-state index contributed by atoms with van der Waals surface area (Å²) in [5.41, 5.74) is 0.349. The Morgan fingerprint density at radius 1 is 1.16 bits per heavy atom. The highest BCUT2D eigenvalue weighted by atomic mass is 16.5. The van der Waals surface area contributed by atoms with Crippen molar-refractivity contribution in [2.45, 2.75) is 90.8 Å². The Balaban J connectivity index is 1.91. The molecular formula is C17H33NO. The van der Waals surface area contributed by atoms with Gasteiger partial charge in [0.15, 0.2) is 0 Å². The van der Waals surface area contributed by atoms with Gasteiger partial charge in [-0.3, -0.25) is 0 Å². The highest BCUT2D eigenvalue weighted by Gasteiger charge is 2.51. The molecule has 0 bridgehead atoms. The van der Waals surface area contributed by atoms with Crippen molar-refractivity contribution in [3.8, 4) is 0 Å². The van der Waals surface area contributed by atoms with Crippen LogP contribution in [0.5, 0.6) is 0 Å². The van der Waals surface area contributed by atoms with Crippen LogP contribution in [0.4, 0.5) is 0 Å². The molecule has 0 radical (unpaired) electrons. The Hall–Kier alpha value is -0.0800. The average molecular weight is 267 g/mol. The van der Waals surface area contributed by atoms with Gasteiger partial charge in [-0.1, -0.05) is 40.0 Å². The highest BCUT2D eigenvalue weighted by Crippen LogP contribution is 2.46. The zero-order valence-corrected chi connectivity index (χ0v) is 13.4. The molecule has 5 unspecified atom stereocenters. The molecule has 0 saturated heterocycles. The Kier molecular flexibility index (Phi) is 5.30. The van der Waals surface area contributed by atoms with Crippen LogP contribution in [0.15, 0.2) is 0 Å². The van der Waals surface area contributed by atoms with E-state index in [0.29, 0.717) is 17.6 Å². The van der Waals surface area contributed by atoms with Gasteiger partial charge in [0.1, 0.15) is 0 Å². The van der Waals surface area contributed by atoms with Gasteiger partial charge in [-0.05, 0) is 38.5 Å². The van der Waals surface area contributed by atoms with Crippen LogP contribution in [0.2, 0.25) is 0 Å². The molecule has 19 heavy (non-hydrogen) atoms. The molecule has 0 aromatic carbocycles. The van der Waals surface area contributed by atoms with Gasteiger partial charge in [0.25, 0.3) is 0 Å². The van der Waals surface area contributed by atoms with Crippen LogP contribution < -0.4 is 5.32 Å². The first-order chi connectivity index (χ1) is 9.11. The van der Waals surface area contributed by atoms with Gasteiger partial charge in [0, 0.05) is 24.1 Å². The van der Waals surface area contributed by atoms with E-state index in [1.807, 2.05) is 0 Å². The first kappa shape index (κ1) is 15.3. The van der Waals surface area contributed by atoms with Crippen molar-refractivity contribution < 1.29 is 4.74 Å². The predicted molar refractivity (Wildman–Crippen MR) is 81.4 cm³/mol. The minimum absolute atomic E-state index is 0.349. The second-order valence-electron chi connectivity index (χ2n) is 6.98. The lowest BCUT2D eigenvalue weighted by atomic mass is 9.61. The summed E-state index contributed by atoms with van der Waals surface area (Å²) in [5, 5.41) is 3.99. The summed E-state index contributed by atoms with van der Waals surface area (Å²) in [7, 11) is 0.